The number of nitrogens with zero attached hydrogens (tertiary/aromatic N) is 2. The van der Waals surface area contributed by atoms with Gasteiger partial charge in [-0.25, -0.2) is 0 Å². The number of anilines is 1. The van der Waals surface area contributed by atoms with Gasteiger partial charge in [0.25, 0.3) is 5.56 Å². The summed E-state index contributed by atoms with van der Waals surface area (Å²) in [7, 11) is 0. The second-order valence-electron chi connectivity index (χ2n) is 3.55. The number of pyridine rings is 1. The van der Waals surface area contributed by atoms with Crippen LogP contribution in [-0.2, 0) is 6.54 Å². The normalized spacial score (nSPS) is 9.93. The van der Waals surface area contributed by atoms with Gasteiger partial charge in [0.05, 0.1) is 0 Å². The van der Waals surface area contributed by atoms with Gasteiger partial charge in [0, 0.05) is 6.54 Å². The average molecular weight is 205 g/mol. The third kappa shape index (κ3) is 2.18. The van der Waals surface area contributed by atoms with Crippen LogP contribution in [0.1, 0.15) is 30.9 Å². The minimum Gasteiger partial charge on any atom is -0.385 e. The van der Waals surface area contributed by atoms with Crippen LogP contribution in [0.5, 0.6) is 0 Å². The van der Waals surface area contributed by atoms with Crippen molar-refractivity contribution in [3.05, 3.63) is 27.5 Å². The molecule has 0 radical (unpaired) electrons. The first-order valence-corrected chi connectivity index (χ1v) is 5.01. The van der Waals surface area contributed by atoms with E-state index in [0.717, 1.165) is 12.8 Å². The van der Waals surface area contributed by atoms with Gasteiger partial charge in [-0.15, -0.1) is 0 Å². The van der Waals surface area contributed by atoms with E-state index in [1.807, 2.05) is 13.0 Å². The molecule has 4 nitrogen and oxygen atoms in total. The van der Waals surface area contributed by atoms with Crippen LogP contribution in [0.3, 0.4) is 0 Å². The lowest BCUT2D eigenvalue weighted by atomic mass is 10.1. The summed E-state index contributed by atoms with van der Waals surface area (Å²) in [6.07, 6.45) is 1.87. The van der Waals surface area contributed by atoms with Crippen molar-refractivity contribution in [2.75, 3.05) is 5.73 Å². The van der Waals surface area contributed by atoms with E-state index in [2.05, 4.69) is 0 Å². The Morgan fingerprint density at radius 2 is 2.27 bits per heavy atom. The summed E-state index contributed by atoms with van der Waals surface area (Å²) >= 11 is 0. The number of nitriles is 1. The summed E-state index contributed by atoms with van der Waals surface area (Å²) < 4.78 is 1.47. The molecule has 0 aliphatic heterocycles. The van der Waals surface area contributed by atoms with Gasteiger partial charge in [0.1, 0.15) is 17.5 Å². The molecular weight excluding hydrogens is 190 g/mol. The van der Waals surface area contributed by atoms with Gasteiger partial charge < -0.3 is 5.73 Å². The Labute approximate surface area is 88.9 Å². The van der Waals surface area contributed by atoms with Crippen LogP contribution >= 0.6 is 0 Å². The maximum atomic E-state index is 11.8. The lowest BCUT2D eigenvalue weighted by molar-refractivity contribution is 0.619. The predicted octanol–water partition coefficient (Wildman–Crippen LogP) is 1.41. The van der Waals surface area contributed by atoms with Crippen molar-refractivity contribution in [2.45, 2.75) is 33.2 Å². The summed E-state index contributed by atoms with van der Waals surface area (Å²) in [5.41, 5.74) is 6.31. The fraction of sp³-hybridized carbons (Fsp3) is 0.455. The number of nitrogen functional groups attached to an aromatic ring is 1. The Morgan fingerprint density at radius 1 is 1.60 bits per heavy atom. The molecule has 0 spiro atoms. The van der Waals surface area contributed by atoms with Crippen LogP contribution in [0.2, 0.25) is 0 Å². The fourth-order valence-electron chi connectivity index (χ4n) is 1.48. The topological polar surface area (TPSA) is 71.8 Å². The number of aryl methyl sites for hydroxylation is 1. The Kier molecular flexibility index (Phi) is 3.51. The van der Waals surface area contributed by atoms with Crippen molar-refractivity contribution in [1.29, 1.82) is 5.26 Å². The molecule has 0 unspecified atom stereocenters. The summed E-state index contributed by atoms with van der Waals surface area (Å²) in [6.45, 7) is 4.34. The van der Waals surface area contributed by atoms with Gasteiger partial charge in [-0.05, 0) is 25.0 Å². The zero-order chi connectivity index (χ0) is 11.4. The summed E-state index contributed by atoms with van der Waals surface area (Å²) in [5.74, 6) is 0.435. The van der Waals surface area contributed by atoms with Crippen LogP contribution in [0.4, 0.5) is 5.82 Å². The number of hydrogen-bond acceptors (Lipinski definition) is 3. The first kappa shape index (κ1) is 11.3. The Balaban J connectivity index is 3.28. The minimum atomic E-state index is -0.275. The molecule has 0 saturated carbocycles. The second-order valence-corrected chi connectivity index (χ2v) is 3.55. The molecular formula is C11H15N3O. The number of unbranched alkanes of at least 4 members (excludes halogenated alkanes) is 1. The van der Waals surface area contributed by atoms with Gasteiger partial charge in [0.15, 0.2) is 0 Å². The Morgan fingerprint density at radius 3 is 2.80 bits per heavy atom. The van der Waals surface area contributed by atoms with Gasteiger partial charge >= 0.3 is 0 Å². The van der Waals surface area contributed by atoms with Crippen molar-refractivity contribution in [2.24, 2.45) is 0 Å². The lowest BCUT2D eigenvalue weighted by Crippen LogP contribution is -2.26. The number of rotatable bonds is 3. The number of hydrogen-bond donors (Lipinski definition) is 1. The molecule has 0 saturated heterocycles. The molecule has 0 aliphatic rings. The van der Waals surface area contributed by atoms with Crippen LogP contribution in [0, 0.1) is 18.3 Å². The zero-order valence-corrected chi connectivity index (χ0v) is 9.08. The molecule has 2 N–H and O–H groups in total. The fourth-order valence-corrected chi connectivity index (χ4v) is 1.48. The molecule has 0 amide bonds. The van der Waals surface area contributed by atoms with Crippen molar-refractivity contribution < 1.29 is 0 Å². The predicted molar refractivity (Wildman–Crippen MR) is 59.5 cm³/mol. The minimum absolute atomic E-state index is 0.195. The van der Waals surface area contributed by atoms with Gasteiger partial charge in [-0.3, -0.25) is 9.36 Å². The number of aromatic nitrogens is 1. The van der Waals surface area contributed by atoms with E-state index in [1.165, 1.54) is 4.57 Å². The summed E-state index contributed by atoms with van der Waals surface area (Å²) in [6, 6.07) is 3.59. The first-order chi connectivity index (χ1) is 7.11. The van der Waals surface area contributed by atoms with Crippen molar-refractivity contribution in [3.8, 4) is 6.07 Å². The zero-order valence-electron chi connectivity index (χ0n) is 9.08. The van der Waals surface area contributed by atoms with E-state index in [9.17, 15) is 4.79 Å². The lowest BCUT2D eigenvalue weighted by Gasteiger charge is -2.10. The monoisotopic (exact) mass is 205 g/mol. The molecule has 4 heteroatoms. The molecule has 0 aliphatic carbocycles. The molecule has 1 rings (SSSR count). The van der Waals surface area contributed by atoms with Gasteiger partial charge in [0.2, 0.25) is 0 Å². The Hall–Kier alpha value is -1.76. The van der Waals surface area contributed by atoms with Crippen LogP contribution in [0.25, 0.3) is 0 Å². The van der Waals surface area contributed by atoms with E-state index in [1.54, 1.807) is 13.0 Å². The molecule has 0 aromatic carbocycles. The smallest absolute Gasteiger partial charge is 0.270 e. The highest BCUT2D eigenvalue weighted by molar-refractivity contribution is 5.43. The maximum absolute atomic E-state index is 11.8. The highest BCUT2D eigenvalue weighted by atomic mass is 16.1. The van der Waals surface area contributed by atoms with E-state index < -0.39 is 0 Å². The van der Waals surface area contributed by atoms with E-state index in [-0.39, 0.29) is 11.1 Å². The average Bonchev–Trinajstić information content (AvgIpc) is 2.17. The van der Waals surface area contributed by atoms with E-state index in [4.69, 9.17) is 11.0 Å². The number of nitrogens with two attached hydrogens (primary N) is 1. The summed E-state index contributed by atoms with van der Waals surface area (Å²) in [5, 5.41) is 8.84. The van der Waals surface area contributed by atoms with E-state index in [0.29, 0.717) is 17.9 Å². The molecule has 0 atom stereocenters. The molecule has 1 aromatic rings. The Bertz CT molecular complexity index is 454. The van der Waals surface area contributed by atoms with E-state index >= 15 is 0 Å². The highest BCUT2D eigenvalue weighted by Crippen LogP contribution is 2.08. The summed E-state index contributed by atoms with van der Waals surface area (Å²) in [4.78, 5) is 11.8. The largest absolute Gasteiger partial charge is 0.385 e. The highest BCUT2D eigenvalue weighted by Gasteiger charge is 2.09. The molecule has 1 aromatic heterocycles. The first-order valence-electron chi connectivity index (χ1n) is 5.01. The standard InChI is InChI=1S/C11H15N3O/c1-3-4-5-14-10(13)6-8(2)9(7-12)11(14)15/h6H,3-5,13H2,1-2H3. The van der Waals surface area contributed by atoms with Gasteiger partial charge in [-0.1, -0.05) is 13.3 Å². The third-order valence-electron chi connectivity index (χ3n) is 2.38. The molecule has 80 valence electrons. The molecule has 0 fully saturated rings. The van der Waals surface area contributed by atoms with Crippen molar-refractivity contribution in [1.82, 2.24) is 4.57 Å². The van der Waals surface area contributed by atoms with Crippen LogP contribution < -0.4 is 11.3 Å². The molecule has 15 heavy (non-hydrogen) atoms. The second kappa shape index (κ2) is 4.65. The van der Waals surface area contributed by atoms with Gasteiger partial charge in [-0.2, -0.15) is 5.26 Å². The van der Waals surface area contributed by atoms with Crippen molar-refractivity contribution >= 4 is 5.82 Å². The molecule has 0 bridgehead atoms. The maximum Gasteiger partial charge on any atom is 0.270 e. The van der Waals surface area contributed by atoms with Crippen LogP contribution in [0.15, 0.2) is 10.9 Å². The quantitative estimate of drug-likeness (QED) is 0.810. The third-order valence-corrected chi connectivity index (χ3v) is 2.38. The molecule has 1 heterocycles. The SMILES string of the molecule is CCCCn1c(N)cc(C)c(C#N)c1=O. The van der Waals surface area contributed by atoms with Crippen LogP contribution in [-0.4, -0.2) is 4.57 Å². The van der Waals surface area contributed by atoms with Crippen molar-refractivity contribution in [3.63, 3.8) is 0 Å².